The van der Waals surface area contributed by atoms with Crippen molar-refractivity contribution in [2.75, 3.05) is 13.2 Å². The van der Waals surface area contributed by atoms with Gasteiger partial charge in [-0.25, -0.2) is 13.2 Å². The summed E-state index contributed by atoms with van der Waals surface area (Å²) in [5.41, 5.74) is -1.13. The summed E-state index contributed by atoms with van der Waals surface area (Å²) in [7, 11) is 0. The Bertz CT molecular complexity index is 508. The van der Waals surface area contributed by atoms with E-state index in [4.69, 9.17) is 5.11 Å². The predicted molar refractivity (Wildman–Crippen MR) is 57.4 cm³/mol. The van der Waals surface area contributed by atoms with Crippen molar-refractivity contribution in [3.63, 3.8) is 0 Å². The summed E-state index contributed by atoms with van der Waals surface area (Å²) < 4.78 is 38.4. The maximum Gasteiger partial charge on any atom is 0.287 e. The number of halogens is 3. The van der Waals surface area contributed by atoms with Crippen LogP contribution in [0.15, 0.2) is 18.2 Å². The van der Waals surface area contributed by atoms with E-state index >= 15 is 0 Å². The fourth-order valence-electron chi connectivity index (χ4n) is 1.18. The van der Waals surface area contributed by atoms with Crippen molar-refractivity contribution < 1.29 is 28.0 Å². The average Bonchev–Trinajstić information content (AvgIpc) is 2.35. The molecule has 0 unspecified atom stereocenters. The number of hydrogen-bond donors (Lipinski definition) is 2. The number of carbonyl (C=O) groups is 1. The minimum absolute atomic E-state index is 0.458. The number of benzene rings is 1. The Morgan fingerprint density at radius 2 is 2.05 bits per heavy atom. The number of nitrogens with one attached hydrogen (secondary N) is 1. The molecule has 0 saturated carbocycles. The van der Waals surface area contributed by atoms with Gasteiger partial charge in [-0.15, -0.1) is 0 Å². The molecule has 0 spiro atoms. The second-order valence-corrected chi connectivity index (χ2v) is 3.65. The van der Waals surface area contributed by atoms with E-state index < -0.39 is 47.0 Å². The molecule has 104 valence electrons. The molecule has 0 aliphatic carbocycles. The van der Waals surface area contributed by atoms with E-state index in [0.717, 1.165) is 6.07 Å². The molecule has 0 radical (unpaired) electrons. The van der Waals surface area contributed by atoms with Gasteiger partial charge < -0.3 is 10.4 Å². The molecule has 1 aromatic rings. The number of hydrogen-bond acceptors (Lipinski definition) is 4. The molecule has 9 heteroatoms. The van der Waals surface area contributed by atoms with Crippen LogP contribution in [0.2, 0.25) is 0 Å². The first-order chi connectivity index (χ1) is 8.75. The summed E-state index contributed by atoms with van der Waals surface area (Å²) in [6, 6.07) is 2.04. The highest BCUT2D eigenvalue weighted by Gasteiger charge is 2.28. The van der Waals surface area contributed by atoms with Crippen LogP contribution in [0, 0.1) is 15.9 Å². The maximum absolute atomic E-state index is 13.0. The molecule has 0 saturated heterocycles. The van der Waals surface area contributed by atoms with Crippen LogP contribution in [0.1, 0.15) is 10.4 Å². The molecule has 6 nitrogen and oxygen atoms in total. The van der Waals surface area contributed by atoms with E-state index in [-0.39, 0.29) is 0 Å². The molecule has 0 bridgehead atoms. The van der Waals surface area contributed by atoms with Crippen molar-refractivity contribution >= 4 is 11.6 Å². The van der Waals surface area contributed by atoms with Crippen LogP contribution in [0.4, 0.5) is 18.9 Å². The number of aliphatic hydroxyl groups excluding tert-OH is 1. The molecule has 1 amide bonds. The Morgan fingerprint density at radius 1 is 1.42 bits per heavy atom. The minimum atomic E-state index is -3.52. The van der Waals surface area contributed by atoms with E-state index in [1.807, 2.05) is 0 Å². The molecule has 0 aliphatic rings. The van der Waals surface area contributed by atoms with Gasteiger partial charge in [-0.3, -0.25) is 14.9 Å². The third-order valence-electron chi connectivity index (χ3n) is 2.09. The summed E-state index contributed by atoms with van der Waals surface area (Å²) in [5, 5.41) is 20.5. The highest BCUT2D eigenvalue weighted by Crippen LogP contribution is 2.17. The fraction of sp³-hybridized carbons (Fsp3) is 0.300. The number of nitrogens with zero attached hydrogens (tertiary/aromatic N) is 1. The molecule has 0 aromatic heterocycles. The first kappa shape index (κ1) is 14.9. The van der Waals surface area contributed by atoms with E-state index in [0.29, 0.717) is 12.1 Å². The normalized spacial score (nSPS) is 11.2. The van der Waals surface area contributed by atoms with Gasteiger partial charge in [-0.2, -0.15) is 0 Å². The quantitative estimate of drug-likeness (QED) is 0.623. The Hall–Kier alpha value is -2.16. The second kappa shape index (κ2) is 5.65. The molecule has 0 aliphatic heterocycles. The first-order valence-electron chi connectivity index (χ1n) is 4.97. The third kappa shape index (κ3) is 4.21. The topological polar surface area (TPSA) is 92.5 Å². The number of carbonyl (C=O) groups excluding carboxylic acids is 1. The van der Waals surface area contributed by atoms with Crippen LogP contribution in [0.25, 0.3) is 0 Å². The van der Waals surface area contributed by atoms with E-state index in [1.54, 1.807) is 5.32 Å². The Labute approximate surface area is 105 Å². The van der Waals surface area contributed by atoms with E-state index in [1.165, 1.54) is 0 Å². The van der Waals surface area contributed by atoms with Gasteiger partial charge in [0.2, 0.25) is 0 Å². The number of alkyl halides is 2. The van der Waals surface area contributed by atoms with Crippen LogP contribution in [0.5, 0.6) is 0 Å². The van der Waals surface area contributed by atoms with Gasteiger partial charge in [-0.1, -0.05) is 0 Å². The number of aliphatic hydroxyl groups is 1. The molecule has 0 fully saturated rings. The average molecular weight is 278 g/mol. The second-order valence-electron chi connectivity index (χ2n) is 3.65. The summed E-state index contributed by atoms with van der Waals surface area (Å²) >= 11 is 0. The SMILES string of the molecule is O=C(NCC(F)(F)CO)c1cc(F)cc([N+](=O)[O-])c1. The van der Waals surface area contributed by atoms with Crippen LogP contribution in [0.3, 0.4) is 0 Å². The molecular formula is C10H9F3N2O4. The zero-order valence-corrected chi connectivity index (χ0v) is 9.40. The van der Waals surface area contributed by atoms with Crippen LogP contribution >= 0.6 is 0 Å². The largest absolute Gasteiger partial charge is 0.390 e. The van der Waals surface area contributed by atoms with Gasteiger partial charge in [0.1, 0.15) is 12.4 Å². The first-order valence-corrected chi connectivity index (χ1v) is 4.97. The van der Waals surface area contributed by atoms with E-state index in [9.17, 15) is 28.1 Å². The van der Waals surface area contributed by atoms with Crippen molar-refractivity contribution in [2.24, 2.45) is 0 Å². The van der Waals surface area contributed by atoms with Crippen molar-refractivity contribution in [2.45, 2.75) is 5.92 Å². The highest BCUT2D eigenvalue weighted by molar-refractivity contribution is 5.94. The maximum atomic E-state index is 13.0. The lowest BCUT2D eigenvalue weighted by Crippen LogP contribution is -2.39. The third-order valence-corrected chi connectivity index (χ3v) is 2.09. The number of nitro groups is 1. The van der Waals surface area contributed by atoms with Crippen LogP contribution in [-0.2, 0) is 0 Å². The van der Waals surface area contributed by atoms with Crippen molar-refractivity contribution in [3.05, 3.63) is 39.7 Å². The molecule has 0 heterocycles. The summed E-state index contributed by atoms with van der Waals surface area (Å²) in [4.78, 5) is 21.0. The summed E-state index contributed by atoms with van der Waals surface area (Å²) in [6.45, 7) is -2.62. The summed E-state index contributed by atoms with van der Waals surface area (Å²) in [5.74, 6) is -5.65. The molecule has 1 aromatic carbocycles. The van der Waals surface area contributed by atoms with Crippen LogP contribution < -0.4 is 5.32 Å². The number of rotatable bonds is 5. The Balaban J connectivity index is 2.85. The lowest BCUT2D eigenvalue weighted by atomic mass is 10.2. The van der Waals surface area contributed by atoms with Crippen molar-refractivity contribution in [1.29, 1.82) is 0 Å². The van der Waals surface area contributed by atoms with Crippen molar-refractivity contribution in [3.8, 4) is 0 Å². The van der Waals surface area contributed by atoms with Gasteiger partial charge in [0.15, 0.2) is 0 Å². The van der Waals surface area contributed by atoms with Gasteiger partial charge in [0.05, 0.1) is 17.5 Å². The summed E-state index contributed by atoms with van der Waals surface area (Å²) in [6.07, 6.45) is 0. The standard InChI is InChI=1S/C10H9F3N2O4/c11-7-1-6(2-8(3-7)15(18)19)9(17)14-4-10(12,13)5-16/h1-3,16H,4-5H2,(H,14,17). The van der Waals surface area contributed by atoms with Crippen LogP contribution in [-0.4, -0.2) is 35.0 Å². The molecular weight excluding hydrogens is 269 g/mol. The molecule has 19 heavy (non-hydrogen) atoms. The predicted octanol–water partition coefficient (Wildman–Crippen LogP) is 1.09. The number of non-ortho nitro benzene ring substituents is 1. The van der Waals surface area contributed by atoms with Gasteiger partial charge in [-0.05, 0) is 6.07 Å². The highest BCUT2D eigenvalue weighted by atomic mass is 19.3. The Kier molecular flexibility index (Phi) is 4.43. The number of amides is 1. The van der Waals surface area contributed by atoms with E-state index in [2.05, 4.69) is 0 Å². The molecule has 2 N–H and O–H groups in total. The zero-order chi connectivity index (χ0) is 14.6. The van der Waals surface area contributed by atoms with Gasteiger partial charge in [0, 0.05) is 11.6 Å². The lowest BCUT2D eigenvalue weighted by molar-refractivity contribution is -0.385. The Morgan fingerprint density at radius 3 is 2.58 bits per heavy atom. The van der Waals surface area contributed by atoms with Gasteiger partial charge >= 0.3 is 0 Å². The van der Waals surface area contributed by atoms with Gasteiger partial charge in [0.25, 0.3) is 17.5 Å². The molecule has 0 atom stereocenters. The van der Waals surface area contributed by atoms with Crippen molar-refractivity contribution in [1.82, 2.24) is 5.32 Å². The molecule has 1 rings (SSSR count). The zero-order valence-electron chi connectivity index (χ0n) is 9.40. The number of nitro benzene ring substituents is 1. The lowest BCUT2D eigenvalue weighted by Gasteiger charge is -2.13. The monoisotopic (exact) mass is 278 g/mol. The minimum Gasteiger partial charge on any atom is -0.390 e. The fourth-order valence-corrected chi connectivity index (χ4v) is 1.18. The smallest absolute Gasteiger partial charge is 0.287 e.